The van der Waals surface area contributed by atoms with Crippen molar-refractivity contribution in [3.8, 4) is 0 Å². The first kappa shape index (κ1) is 22.4. The van der Waals surface area contributed by atoms with Crippen molar-refractivity contribution in [3.05, 3.63) is 66.4 Å². The molecule has 0 amide bonds. The summed E-state index contributed by atoms with van der Waals surface area (Å²) in [5, 5.41) is 1.09. The Labute approximate surface area is 194 Å². The topological polar surface area (TPSA) is 99.7 Å². The Morgan fingerprint density at radius 3 is 2.21 bits per heavy atom. The van der Waals surface area contributed by atoms with Gasteiger partial charge in [0.15, 0.2) is 0 Å². The number of pyridine rings is 1. The van der Waals surface area contributed by atoms with Gasteiger partial charge in [-0.05, 0) is 48.7 Å². The zero-order valence-electron chi connectivity index (χ0n) is 18.1. The quantitative estimate of drug-likeness (QED) is 0.550. The molecule has 0 radical (unpaired) electrons. The van der Waals surface area contributed by atoms with Gasteiger partial charge in [0.05, 0.1) is 15.3 Å². The first-order valence-corrected chi connectivity index (χ1v) is 13.9. The van der Waals surface area contributed by atoms with Gasteiger partial charge in [0.2, 0.25) is 20.0 Å². The highest BCUT2D eigenvalue weighted by Crippen LogP contribution is 2.24. The number of aromatic nitrogens is 1. The molecule has 1 aliphatic heterocycles. The predicted octanol–water partition coefficient (Wildman–Crippen LogP) is 2.18. The third-order valence-electron chi connectivity index (χ3n) is 6.11. The number of fused-ring (bicyclic) bond motifs is 1. The molecule has 5 rings (SSSR count). The first-order chi connectivity index (χ1) is 15.8. The van der Waals surface area contributed by atoms with Gasteiger partial charge >= 0.3 is 0 Å². The monoisotopic (exact) mass is 486 g/mol. The van der Waals surface area contributed by atoms with E-state index in [9.17, 15) is 16.8 Å². The van der Waals surface area contributed by atoms with Crippen LogP contribution in [-0.4, -0.2) is 63.2 Å². The molecule has 8 nitrogen and oxygen atoms in total. The highest BCUT2D eigenvalue weighted by molar-refractivity contribution is 7.89. The van der Waals surface area contributed by atoms with Crippen molar-refractivity contribution >= 4 is 30.9 Å². The minimum Gasteiger partial charge on any atom is -0.296 e. The van der Waals surface area contributed by atoms with Gasteiger partial charge in [0.25, 0.3) is 0 Å². The van der Waals surface area contributed by atoms with Gasteiger partial charge in [-0.1, -0.05) is 24.3 Å². The summed E-state index contributed by atoms with van der Waals surface area (Å²) in [6.45, 7) is 2.69. The summed E-state index contributed by atoms with van der Waals surface area (Å²) in [4.78, 5) is 6.93. The minimum atomic E-state index is -3.69. The van der Waals surface area contributed by atoms with Crippen LogP contribution in [0.1, 0.15) is 18.4 Å². The van der Waals surface area contributed by atoms with Crippen LogP contribution in [0.4, 0.5) is 0 Å². The third-order valence-corrected chi connectivity index (χ3v) is 9.56. The number of nitrogens with one attached hydrogen (secondary N) is 1. The summed E-state index contributed by atoms with van der Waals surface area (Å²) < 4.78 is 55.0. The van der Waals surface area contributed by atoms with Crippen molar-refractivity contribution in [3.63, 3.8) is 0 Å². The van der Waals surface area contributed by atoms with E-state index >= 15 is 0 Å². The van der Waals surface area contributed by atoms with Crippen LogP contribution in [0.15, 0.2) is 70.6 Å². The molecule has 1 saturated carbocycles. The molecule has 1 aliphatic carbocycles. The van der Waals surface area contributed by atoms with Crippen molar-refractivity contribution in [2.45, 2.75) is 35.2 Å². The lowest BCUT2D eigenvalue weighted by atomic mass is 10.1. The van der Waals surface area contributed by atoms with Crippen LogP contribution >= 0.6 is 0 Å². The van der Waals surface area contributed by atoms with Crippen LogP contribution in [0.2, 0.25) is 0 Å². The molecule has 33 heavy (non-hydrogen) atoms. The van der Waals surface area contributed by atoms with Crippen LogP contribution in [0.5, 0.6) is 0 Å². The summed E-state index contributed by atoms with van der Waals surface area (Å²) >= 11 is 0. The fraction of sp³-hybridized carbons (Fsp3) is 0.348. The van der Waals surface area contributed by atoms with Gasteiger partial charge in [0.1, 0.15) is 0 Å². The van der Waals surface area contributed by atoms with Crippen LogP contribution < -0.4 is 4.72 Å². The molecular weight excluding hydrogens is 460 g/mol. The molecule has 2 aromatic carbocycles. The lowest BCUT2D eigenvalue weighted by Gasteiger charge is -2.34. The largest absolute Gasteiger partial charge is 0.296 e. The Morgan fingerprint density at radius 2 is 1.52 bits per heavy atom. The Balaban J connectivity index is 1.24. The number of sulfonamides is 2. The standard InChI is InChI=1S/C23H26N4O4S2/c28-32(29,25-20-6-7-20)21-8-10-22(11-9-21)33(30,31)27-15-13-26(14-16-27)17-19-4-1-3-18-5-2-12-24-23(18)19/h1-5,8-12,20,25H,6-7,13-17H2. The molecule has 1 saturated heterocycles. The van der Waals surface area contributed by atoms with Crippen molar-refractivity contribution in [2.24, 2.45) is 0 Å². The summed E-state index contributed by atoms with van der Waals surface area (Å²) in [7, 11) is -7.29. The van der Waals surface area contributed by atoms with E-state index in [1.165, 1.54) is 28.6 Å². The molecule has 0 spiro atoms. The molecule has 10 heteroatoms. The van der Waals surface area contributed by atoms with Gasteiger partial charge in [0, 0.05) is 50.3 Å². The van der Waals surface area contributed by atoms with Gasteiger partial charge < -0.3 is 0 Å². The van der Waals surface area contributed by atoms with E-state index in [0.717, 1.165) is 29.3 Å². The van der Waals surface area contributed by atoms with Crippen LogP contribution in [-0.2, 0) is 26.6 Å². The molecule has 2 heterocycles. The minimum absolute atomic E-state index is 0.000592. The fourth-order valence-corrected chi connectivity index (χ4v) is 6.82. The summed E-state index contributed by atoms with van der Waals surface area (Å²) in [5.41, 5.74) is 2.10. The van der Waals surface area contributed by atoms with Gasteiger partial charge in [-0.15, -0.1) is 0 Å². The van der Waals surface area contributed by atoms with E-state index in [2.05, 4.69) is 20.7 Å². The molecule has 2 fully saturated rings. The van der Waals surface area contributed by atoms with Crippen molar-refractivity contribution < 1.29 is 16.8 Å². The molecule has 1 N–H and O–H groups in total. The van der Waals surface area contributed by atoms with Crippen molar-refractivity contribution in [1.82, 2.24) is 18.9 Å². The maximum absolute atomic E-state index is 13.1. The van der Waals surface area contributed by atoms with E-state index in [1.54, 1.807) is 6.20 Å². The number of para-hydroxylation sites is 1. The Hall–Kier alpha value is -2.37. The van der Waals surface area contributed by atoms with Gasteiger partial charge in [-0.3, -0.25) is 9.88 Å². The van der Waals surface area contributed by atoms with E-state index in [1.807, 2.05) is 24.3 Å². The number of rotatable bonds is 7. The summed E-state index contributed by atoms with van der Waals surface area (Å²) in [6.07, 6.45) is 3.47. The molecule has 174 valence electrons. The van der Waals surface area contributed by atoms with Crippen LogP contribution in [0.25, 0.3) is 10.9 Å². The molecule has 2 aliphatic rings. The zero-order chi connectivity index (χ0) is 23.1. The zero-order valence-corrected chi connectivity index (χ0v) is 19.7. The van der Waals surface area contributed by atoms with Gasteiger partial charge in [-0.25, -0.2) is 21.6 Å². The predicted molar refractivity (Wildman–Crippen MR) is 126 cm³/mol. The van der Waals surface area contributed by atoms with E-state index in [-0.39, 0.29) is 15.8 Å². The molecular formula is C23H26N4O4S2. The molecule has 0 atom stereocenters. The number of hydrogen-bond donors (Lipinski definition) is 1. The van der Waals surface area contributed by atoms with E-state index in [4.69, 9.17) is 0 Å². The van der Waals surface area contributed by atoms with Crippen molar-refractivity contribution in [2.75, 3.05) is 26.2 Å². The molecule has 0 bridgehead atoms. The second-order valence-electron chi connectivity index (χ2n) is 8.54. The maximum atomic E-state index is 13.1. The van der Waals surface area contributed by atoms with Crippen molar-refractivity contribution in [1.29, 1.82) is 0 Å². The third kappa shape index (κ3) is 4.80. The Kier molecular flexibility index (Phi) is 5.96. The van der Waals surface area contributed by atoms with Crippen LogP contribution in [0.3, 0.4) is 0 Å². The molecule has 3 aromatic rings. The first-order valence-electron chi connectivity index (χ1n) is 11.0. The lowest BCUT2D eigenvalue weighted by molar-refractivity contribution is 0.182. The maximum Gasteiger partial charge on any atom is 0.243 e. The number of piperazine rings is 1. The molecule has 0 unspecified atom stereocenters. The number of nitrogens with zero attached hydrogens (tertiary/aromatic N) is 3. The second kappa shape index (κ2) is 8.77. The van der Waals surface area contributed by atoms with E-state index < -0.39 is 20.0 Å². The lowest BCUT2D eigenvalue weighted by Crippen LogP contribution is -2.48. The summed E-state index contributed by atoms with van der Waals surface area (Å²) in [6, 6.07) is 15.6. The average Bonchev–Trinajstić information content (AvgIpc) is 3.63. The van der Waals surface area contributed by atoms with Crippen LogP contribution in [0, 0.1) is 0 Å². The smallest absolute Gasteiger partial charge is 0.243 e. The van der Waals surface area contributed by atoms with E-state index in [0.29, 0.717) is 32.7 Å². The Bertz CT molecular complexity index is 1360. The SMILES string of the molecule is O=S(=O)(NC1CC1)c1ccc(S(=O)(=O)N2CCN(Cc3cccc4cccnc34)CC2)cc1. The highest BCUT2D eigenvalue weighted by Gasteiger charge is 2.30. The van der Waals surface area contributed by atoms with Gasteiger partial charge in [-0.2, -0.15) is 4.31 Å². The number of benzene rings is 2. The Morgan fingerprint density at radius 1 is 0.848 bits per heavy atom. The number of hydrogen-bond acceptors (Lipinski definition) is 6. The fourth-order valence-electron chi connectivity index (χ4n) is 4.09. The average molecular weight is 487 g/mol. The highest BCUT2D eigenvalue weighted by atomic mass is 32.2. The normalized spacial score (nSPS) is 18.5. The second-order valence-corrected chi connectivity index (χ2v) is 12.2. The summed E-state index contributed by atoms with van der Waals surface area (Å²) in [5.74, 6) is 0. The molecule has 1 aromatic heterocycles.